The maximum Gasteiger partial charge on any atom is 0.253 e. The first-order valence-electron chi connectivity index (χ1n) is 9.95. The van der Waals surface area contributed by atoms with Crippen LogP contribution in [-0.4, -0.2) is 55.7 Å². The van der Waals surface area contributed by atoms with Gasteiger partial charge < -0.3 is 15.3 Å². The number of piperidine rings is 1. The Morgan fingerprint density at radius 2 is 1.77 bits per heavy atom. The second kappa shape index (κ2) is 9.86. The van der Waals surface area contributed by atoms with Crippen LogP contribution in [0.2, 0.25) is 0 Å². The van der Waals surface area contributed by atoms with Gasteiger partial charge in [-0.3, -0.25) is 9.59 Å². The van der Waals surface area contributed by atoms with Crippen LogP contribution >= 0.6 is 0 Å². The summed E-state index contributed by atoms with van der Waals surface area (Å²) in [7, 11) is -3.49. The van der Waals surface area contributed by atoms with Gasteiger partial charge in [-0.15, -0.1) is 0 Å². The molecule has 0 radical (unpaired) electrons. The lowest BCUT2D eigenvalue weighted by Crippen LogP contribution is -2.45. The highest BCUT2D eigenvalue weighted by Crippen LogP contribution is 2.19. The first-order chi connectivity index (χ1) is 14.4. The van der Waals surface area contributed by atoms with E-state index in [-0.39, 0.29) is 34.9 Å². The quantitative estimate of drug-likeness (QED) is 0.695. The van der Waals surface area contributed by atoms with Gasteiger partial charge in [-0.2, -0.15) is 0 Å². The number of sulfone groups is 1. The molecule has 2 N–H and O–H groups in total. The number of aliphatic hydroxyl groups is 1. The number of hydrogen-bond donors (Lipinski definition) is 2. The van der Waals surface area contributed by atoms with Gasteiger partial charge in [-0.05, 0) is 42.7 Å². The second-order valence-corrected chi connectivity index (χ2v) is 9.47. The van der Waals surface area contributed by atoms with Crippen molar-refractivity contribution in [2.75, 3.05) is 25.4 Å². The molecule has 0 spiro atoms. The van der Waals surface area contributed by atoms with E-state index in [0.29, 0.717) is 18.7 Å². The summed E-state index contributed by atoms with van der Waals surface area (Å²) in [4.78, 5) is 27.1. The highest BCUT2D eigenvalue weighted by atomic mass is 32.2. The van der Waals surface area contributed by atoms with Gasteiger partial charge in [0, 0.05) is 25.2 Å². The van der Waals surface area contributed by atoms with Crippen molar-refractivity contribution < 1.29 is 23.1 Å². The SMILES string of the molecule is O=C(NCc1ccc(S(=O)(=O)CCO)cc1)[C@H]1CCCN(C(=O)c2ccccc2)C1. The zero-order valence-electron chi connectivity index (χ0n) is 16.7. The zero-order chi connectivity index (χ0) is 21.6. The van der Waals surface area contributed by atoms with Crippen molar-refractivity contribution in [1.29, 1.82) is 0 Å². The number of nitrogens with one attached hydrogen (secondary N) is 1. The van der Waals surface area contributed by atoms with E-state index in [1.54, 1.807) is 29.2 Å². The molecule has 0 saturated carbocycles. The van der Waals surface area contributed by atoms with Crippen LogP contribution in [0.25, 0.3) is 0 Å². The Labute approximate surface area is 176 Å². The summed E-state index contributed by atoms with van der Waals surface area (Å²) in [6.07, 6.45) is 1.50. The lowest BCUT2D eigenvalue weighted by Gasteiger charge is -2.32. The summed E-state index contributed by atoms with van der Waals surface area (Å²) in [5.41, 5.74) is 1.40. The van der Waals surface area contributed by atoms with E-state index in [1.807, 2.05) is 18.2 Å². The summed E-state index contributed by atoms with van der Waals surface area (Å²) in [6, 6.07) is 15.3. The summed E-state index contributed by atoms with van der Waals surface area (Å²) < 4.78 is 23.9. The Morgan fingerprint density at radius 1 is 1.07 bits per heavy atom. The van der Waals surface area contributed by atoms with Gasteiger partial charge >= 0.3 is 0 Å². The molecule has 2 aromatic carbocycles. The van der Waals surface area contributed by atoms with E-state index >= 15 is 0 Å². The van der Waals surface area contributed by atoms with Gasteiger partial charge in [-0.1, -0.05) is 30.3 Å². The van der Waals surface area contributed by atoms with Crippen molar-refractivity contribution in [2.24, 2.45) is 5.92 Å². The average molecular weight is 431 g/mol. The number of rotatable bonds is 7. The molecular formula is C22H26N2O5S. The molecule has 7 nitrogen and oxygen atoms in total. The third-order valence-corrected chi connectivity index (χ3v) is 6.92. The maximum absolute atomic E-state index is 12.6. The van der Waals surface area contributed by atoms with Crippen LogP contribution in [0.15, 0.2) is 59.5 Å². The fourth-order valence-corrected chi connectivity index (χ4v) is 4.55. The van der Waals surface area contributed by atoms with Crippen molar-refractivity contribution in [3.05, 3.63) is 65.7 Å². The number of hydrogen-bond acceptors (Lipinski definition) is 5. The molecule has 2 aromatic rings. The summed E-state index contributed by atoms with van der Waals surface area (Å²) in [5.74, 6) is -0.760. The fourth-order valence-electron chi connectivity index (χ4n) is 3.53. The summed E-state index contributed by atoms with van der Waals surface area (Å²) in [6.45, 7) is 0.882. The predicted molar refractivity (Wildman–Crippen MR) is 112 cm³/mol. The summed E-state index contributed by atoms with van der Waals surface area (Å²) >= 11 is 0. The molecule has 8 heteroatoms. The maximum atomic E-state index is 12.6. The number of nitrogens with zero attached hydrogens (tertiary/aromatic N) is 1. The van der Waals surface area contributed by atoms with Gasteiger partial charge in [0.05, 0.1) is 23.2 Å². The van der Waals surface area contributed by atoms with E-state index < -0.39 is 16.4 Å². The lowest BCUT2D eigenvalue weighted by molar-refractivity contribution is -0.126. The van der Waals surface area contributed by atoms with Crippen LogP contribution < -0.4 is 5.32 Å². The standard InChI is InChI=1S/C22H26N2O5S/c25-13-14-30(28,29)20-10-8-17(9-11-20)15-23-21(26)19-7-4-12-24(16-19)22(27)18-5-2-1-3-6-18/h1-3,5-6,8-11,19,25H,4,7,12-16H2,(H,23,26)/t19-/m0/s1. The summed E-state index contributed by atoms with van der Waals surface area (Å²) in [5, 5.41) is 11.7. The minimum absolute atomic E-state index is 0.0622. The number of benzene rings is 2. The number of likely N-dealkylation sites (tertiary alicyclic amines) is 1. The Balaban J connectivity index is 1.55. The van der Waals surface area contributed by atoms with Crippen molar-refractivity contribution in [3.8, 4) is 0 Å². The third-order valence-electron chi connectivity index (χ3n) is 5.21. The molecule has 1 fully saturated rings. The van der Waals surface area contributed by atoms with Gasteiger partial charge in [-0.25, -0.2) is 8.42 Å². The number of carbonyl (C=O) groups is 2. The molecule has 1 atom stereocenters. The Morgan fingerprint density at radius 3 is 2.43 bits per heavy atom. The van der Waals surface area contributed by atoms with E-state index in [0.717, 1.165) is 18.4 Å². The van der Waals surface area contributed by atoms with Gasteiger partial charge in [0.1, 0.15) is 0 Å². The highest BCUT2D eigenvalue weighted by Gasteiger charge is 2.28. The monoisotopic (exact) mass is 430 g/mol. The first-order valence-corrected chi connectivity index (χ1v) is 11.6. The molecule has 1 heterocycles. The lowest BCUT2D eigenvalue weighted by atomic mass is 9.96. The molecule has 2 amide bonds. The molecule has 1 saturated heterocycles. The minimum atomic E-state index is -3.49. The molecule has 30 heavy (non-hydrogen) atoms. The van der Waals surface area contributed by atoms with Crippen molar-refractivity contribution >= 4 is 21.7 Å². The second-order valence-electron chi connectivity index (χ2n) is 7.36. The van der Waals surface area contributed by atoms with Crippen molar-refractivity contribution in [1.82, 2.24) is 10.2 Å². The Kier molecular flexibility index (Phi) is 7.23. The Hall–Kier alpha value is -2.71. The minimum Gasteiger partial charge on any atom is -0.395 e. The van der Waals surface area contributed by atoms with Crippen molar-refractivity contribution in [2.45, 2.75) is 24.3 Å². The third kappa shape index (κ3) is 5.46. The molecule has 1 aliphatic rings. The first kappa shape index (κ1) is 22.0. The topological polar surface area (TPSA) is 104 Å². The van der Waals surface area contributed by atoms with Crippen LogP contribution in [0.4, 0.5) is 0 Å². The molecular weight excluding hydrogens is 404 g/mol. The van der Waals surface area contributed by atoms with Gasteiger partial charge in [0.2, 0.25) is 5.91 Å². The van der Waals surface area contributed by atoms with Crippen LogP contribution in [0, 0.1) is 5.92 Å². The van der Waals surface area contributed by atoms with Gasteiger partial charge in [0.25, 0.3) is 5.91 Å². The average Bonchev–Trinajstić information content (AvgIpc) is 2.78. The van der Waals surface area contributed by atoms with E-state index in [2.05, 4.69) is 5.32 Å². The largest absolute Gasteiger partial charge is 0.395 e. The van der Waals surface area contributed by atoms with Gasteiger partial charge in [0.15, 0.2) is 9.84 Å². The molecule has 0 aromatic heterocycles. The highest BCUT2D eigenvalue weighted by molar-refractivity contribution is 7.91. The normalized spacial score (nSPS) is 16.8. The van der Waals surface area contributed by atoms with Crippen LogP contribution in [0.1, 0.15) is 28.8 Å². The predicted octanol–water partition coefficient (Wildman–Crippen LogP) is 1.62. The van der Waals surface area contributed by atoms with Crippen molar-refractivity contribution in [3.63, 3.8) is 0 Å². The molecule has 0 aliphatic carbocycles. The molecule has 3 rings (SSSR count). The van der Waals surface area contributed by atoms with Crippen LogP contribution in [0.3, 0.4) is 0 Å². The number of amides is 2. The zero-order valence-corrected chi connectivity index (χ0v) is 17.5. The van der Waals surface area contributed by atoms with E-state index in [1.165, 1.54) is 12.1 Å². The molecule has 160 valence electrons. The van der Waals surface area contributed by atoms with Crippen LogP contribution in [-0.2, 0) is 21.2 Å². The molecule has 0 unspecified atom stereocenters. The number of carbonyl (C=O) groups excluding carboxylic acids is 2. The van der Waals surface area contributed by atoms with E-state index in [4.69, 9.17) is 5.11 Å². The smallest absolute Gasteiger partial charge is 0.253 e. The number of aliphatic hydroxyl groups excluding tert-OH is 1. The van der Waals surface area contributed by atoms with E-state index in [9.17, 15) is 18.0 Å². The Bertz CT molecular complexity index is 974. The van der Waals surface area contributed by atoms with Crippen LogP contribution in [0.5, 0.6) is 0 Å². The molecule has 1 aliphatic heterocycles. The molecule has 0 bridgehead atoms. The fraction of sp³-hybridized carbons (Fsp3) is 0.364.